The van der Waals surface area contributed by atoms with Gasteiger partial charge in [0.25, 0.3) is 0 Å². The van der Waals surface area contributed by atoms with E-state index in [1.807, 2.05) is 6.07 Å². The molecule has 0 radical (unpaired) electrons. The van der Waals surface area contributed by atoms with E-state index >= 15 is 0 Å². The van der Waals surface area contributed by atoms with Gasteiger partial charge in [0.1, 0.15) is 0 Å². The minimum atomic E-state index is 1.07. The minimum absolute atomic E-state index is 1.07. The first-order valence-corrected chi connectivity index (χ1v) is 13.8. The molecular weight excluding hydrogens is 496 g/mol. The van der Waals surface area contributed by atoms with Crippen LogP contribution in [-0.2, 0) is 0 Å². The molecule has 0 aliphatic rings. The third-order valence-corrected chi connectivity index (χ3v) is 7.66. The molecule has 0 N–H and O–H groups in total. The molecule has 0 saturated carbocycles. The number of benzene rings is 6. The van der Waals surface area contributed by atoms with Crippen molar-refractivity contribution in [3.8, 4) is 11.1 Å². The van der Waals surface area contributed by atoms with Crippen molar-refractivity contribution in [2.24, 2.45) is 0 Å². The maximum atomic E-state index is 3.31. The molecule has 194 valence electrons. The molecule has 0 atom stereocenters. The maximum absolute atomic E-state index is 3.31. The van der Waals surface area contributed by atoms with Gasteiger partial charge in [0.2, 0.25) is 0 Å². The molecule has 0 bridgehead atoms. The van der Waals surface area contributed by atoms with Gasteiger partial charge in [-0.3, -0.25) is 0 Å². The summed E-state index contributed by atoms with van der Waals surface area (Å²) in [6.45, 7) is 0. The second-order valence-electron chi connectivity index (χ2n) is 10.2. The molecule has 2 nitrogen and oxygen atoms in total. The second-order valence-corrected chi connectivity index (χ2v) is 10.2. The molecule has 7 aromatic carbocycles. The Bertz CT molecular complexity index is 1890. The van der Waals surface area contributed by atoms with Crippen LogP contribution < -0.4 is 9.80 Å². The summed E-state index contributed by atoms with van der Waals surface area (Å²) in [5, 5.41) is 4.65. The van der Waals surface area contributed by atoms with Crippen LogP contribution in [0.1, 0.15) is 0 Å². The van der Waals surface area contributed by atoms with E-state index in [4.69, 9.17) is 0 Å². The fraction of sp³-hybridized carbons (Fsp3) is 0.0256. The monoisotopic (exact) mass is 524 g/mol. The molecule has 0 spiro atoms. The van der Waals surface area contributed by atoms with Crippen LogP contribution in [0.4, 0.5) is 28.4 Å². The first-order chi connectivity index (χ1) is 20.3. The highest BCUT2D eigenvalue weighted by molar-refractivity contribution is 6.12. The van der Waals surface area contributed by atoms with E-state index in [1.54, 1.807) is 0 Å². The molecule has 0 heterocycles. The van der Waals surface area contributed by atoms with Crippen LogP contribution in [0.15, 0.2) is 152 Å². The Morgan fingerprint density at radius 3 is 1.93 bits per heavy atom. The minimum Gasteiger partial charge on any atom is -0.344 e. The Morgan fingerprint density at radius 2 is 1.12 bits per heavy atom. The van der Waals surface area contributed by atoms with Crippen molar-refractivity contribution in [3.63, 3.8) is 0 Å². The summed E-state index contributed by atoms with van der Waals surface area (Å²) in [6.07, 6.45) is 0. The lowest BCUT2D eigenvalue weighted by Crippen LogP contribution is -2.12. The van der Waals surface area contributed by atoms with Crippen LogP contribution in [-0.4, -0.2) is 7.05 Å². The topological polar surface area (TPSA) is 6.48 Å². The van der Waals surface area contributed by atoms with E-state index < -0.39 is 0 Å². The number of fused-ring (bicyclic) bond motifs is 2. The number of rotatable bonds is 6. The standard InChI is InChI=1S/C39H28N2/c1-40(39-37-21-10-8-15-31(37)27-32-16-9-11-22-38(32)39)33-23-25-35(26-24-33)41(34-18-6-3-7-19-34)36-20-12-17-30(28-36)29-13-4-2-5-14-29/h2-8,10-15,17-28H,1H3. The normalized spacial score (nSPS) is 10.9. The molecule has 7 aromatic rings. The molecular formula is C39H28N2. The van der Waals surface area contributed by atoms with Gasteiger partial charge in [0.15, 0.2) is 0 Å². The van der Waals surface area contributed by atoms with E-state index in [0.29, 0.717) is 0 Å². The SMILES string of the molecule is CN(c1ccc(N(c2ccccc2)c2cccc(-c3ccccc3)c2)cc1)c1c2ccc#cc2cc2ccccc12. The van der Waals surface area contributed by atoms with Crippen LogP contribution in [0.3, 0.4) is 0 Å². The first-order valence-electron chi connectivity index (χ1n) is 13.8. The maximum Gasteiger partial charge on any atom is 0.0574 e. The molecule has 7 rings (SSSR count). The zero-order chi connectivity index (χ0) is 27.6. The zero-order valence-electron chi connectivity index (χ0n) is 22.8. The molecule has 0 fully saturated rings. The van der Waals surface area contributed by atoms with Crippen molar-refractivity contribution in [1.29, 1.82) is 0 Å². The van der Waals surface area contributed by atoms with E-state index in [2.05, 4.69) is 175 Å². The van der Waals surface area contributed by atoms with E-state index in [-0.39, 0.29) is 0 Å². The van der Waals surface area contributed by atoms with Crippen molar-refractivity contribution >= 4 is 50.0 Å². The molecule has 0 unspecified atom stereocenters. The third kappa shape index (κ3) is 4.65. The quantitative estimate of drug-likeness (QED) is 0.213. The molecule has 2 heteroatoms. The molecule has 0 amide bonds. The molecule has 0 saturated heterocycles. The summed E-state index contributed by atoms with van der Waals surface area (Å²) >= 11 is 0. The van der Waals surface area contributed by atoms with E-state index in [1.165, 1.54) is 27.6 Å². The van der Waals surface area contributed by atoms with E-state index in [9.17, 15) is 0 Å². The van der Waals surface area contributed by atoms with Crippen molar-refractivity contribution in [2.75, 3.05) is 16.8 Å². The summed E-state index contributed by atoms with van der Waals surface area (Å²) in [5.74, 6) is 0. The second kappa shape index (κ2) is 10.6. The van der Waals surface area contributed by atoms with Crippen LogP contribution in [0.5, 0.6) is 0 Å². The van der Waals surface area contributed by atoms with Crippen molar-refractivity contribution < 1.29 is 0 Å². The van der Waals surface area contributed by atoms with Crippen molar-refractivity contribution in [3.05, 3.63) is 164 Å². The summed E-state index contributed by atoms with van der Waals surface area (Å²) in [4.78, 5) is 4.60. The highest BCUT2D eigenvalue weighted by Crippen LogP contribution is 2.40. The Morgan fingerprint density at radius 1 is 0.488 bits per heavy atom. The van der Waals surface area contributed by atoms with Crippen LogP contribution >= 0.6 is 0 Å². The highest BCUT2D eigenvalue weighted by atomic mass is 15.1. The number of nitrogens with zero attached hydrogens (tertiary/aromatic N) is 2. The van der Waals surface area contributed by atoms with Crippen LogP contribution in [0, 0.1) is 12.1 Å². The lowest BCUT2D eigenvalue weighted by molar-refractivity contribution is 1.22. The number of hydrogen-bond donors (Lipinski definition) is 0. The van der Waals surface area contributed by atoms with Gasteiger partial charge in [-0.15, -0.1) is 0 Å². The van der Waals surface area contributed by atoms with Crippen molar-refractivity contribution in [2.45, 2.75) is 0 Å². The Balaban J connectivity index is 1.31. The third-order valence-electron chi connectivity index (χ3n) is 7.66. The van der Waals surface area contributed by atoms with Crippen LogP contribution in [0.2, 0.25) is 0 Å². The summed E-state index contributed by atoms with van der Waals surface area (Å²) in [5.41, 5.74) is 8.02. The summed E-state index contributed by atoms with van der Waals surface area (Å²) in [6, 6.07) is 59.9. The molecule has 0 aromatic heterocycles. The van der Waals surface area contributed by atoms with Crippen molar-refractivity contribution in [1.82, 2.24) is 0 Å². The predicted octanol–water partition coefficient (Wildman–Crippen LogP) is 10.5. The van der Waals surface area contributed by atoms with Gasteiger partial charge in [-0.05, 0) is 83.2 Å². The molecule has 0 aliphatic heterocycles. The average molecular weight is 525 g/mol. The Hall–Kier alpha value is -5.52. The van der Waals surface area contributed by atoms with Gasteiger partial charge in [-0.2, -0.15) is 0 Å². The fourth-order valence-corrected chi connectivity index (χ4v) is 5.66. The highest BCUT2D eigenvalue weighted by Gasteiger charge is 2.16. The smallest absolute Gasteiger partial charge is 0.0574 e. The molecule has 41 heavy (non-hydrogen) atoms. The van der Waals surface area contributed by atoms with Crippen LogP contribution in [0.25, 0.3) is 32.7 Å². The number of hydrogen-bond acceptors (Lipinski definition) is 2. The van der Waals surface area contributed by atoms with Gasteiger partial charge < -0.3 is 9.80 Å². The number of para-hydroxylation sites is 1. The Labute approximate surface area is 241 Å². The number of anilines is 5. The van der Waals surface area contributed by atoms with Gasteiger partial charge >= 0.3 is 0 Å². The lowest BCUT2D eigenvalue weighted by Gasteiger charge is -2.27. The molecule has 0 aliphatic carbocycles. The predicted molar refractivity (Wildman–Crippen MR) is 174 cm³/mol. The van der Waals surface area contributed by atoms with Gasteiger partial charge in [0.05, 0.1) is 5.69 Å². The van der Waals surface area contributed by atoms with Gasteiger partial charge in [-0.25, -0.2) is 0 Å². The summed E-state index contributed by atoms with van der Waals surface area (Å²) < 4.78 is 0. The summed E-state index contributed by atoms with van der Waals surface area (Å²) in [7, 11) is 2.14. The van der Waals surface area contributed by atoms with Gasteiger partial charge in [0, 0.05) is 46.0 Å². The lowest BCUT2D eigenvalue weighted by atomic mass is 10.0. The largest absolute Gasteiger partial charge is 0.344 e. The fourth-order valence-electron chi connectivity index (χ4n) is 5.66. The first kappa shape index (κ1) is 24.5. The van der Waals surface area contributed by atoms with Gasteiger partial charge in [-0.1, -0.05) is 97.1 Å². The average Bonchev–Trinajstić information content (AvgIpc) is 3.05. The Kier molecular flexibility index (Phi) is 6.32. The zero-order valence-corrected chi connectivity index (χ0v) is 22.8. The van der Waals surface area contributed by atoms with E-state index in [0.717, 1.165) is 33.5 Å².